The highest BCUT2D eigenvalue weighted by molar-refractivity contribution is 5.76. The summed E-state index contributed by atoms with van der Waals surface area (Å²) in [4.78, 5) is 13.7. The zero-order valence-corrected chi connectivity index (χ0v) is 13.8. The van der Waals surface area contributed by atoms with Gasteiger partial charge in [0.2, 0.25) is 0 Å². The zero-order chi connectivity index (χ0) is 17.2. The molecule has 23 heavy (non-hydrogen) atoms. The van der Waals surface area contributed by atoms with Gasteiger partial charge in [0.15, 0.2) is 0 Å². The van der Waals surface area contributed by atoms with Crippen molar-refractivity contribution in [1.29, 1.82) is 0 Å². The molecular weight excluding hydrogens is 301 g/mol. The molecule has 0 aliphatic carbocycles. The van der Waals surface area contributed by atoms with Crippen LogP contribution in [0.3, 0.4) is 0 Å². The predicted octanol–water partition coefficient (Wildman–Crippen LogP) is 2.83. The molecule has 1 aromatic rings. The van der Waals surface area contributed by atoms with Crippen LogP contribution in [0.15, 0.2) is 18.2 Å². The number of nitrogens with zero attached hydrogens (tertiary/aromatic N) is 1. The van der Waals surface area contributed by atoms with Gasteiger partial charge in [-0.1, -0.05) is 13.3 Å². The van der Waals surface area contributed by atoms with Crippen LogP contribution in [0.5, 0.6) is 5.75 Å². The van der Waals surface area contributed by atoms with Gasteiger partial charge in [-0.15, -0.1) is 0 Å². The lowest BCUT2D eigenvalue weighted by molar-refractivity contribution is -0.143. The molecule has 0 bridgehead atoms. The van der Waals surface area contributed by atoms with E-state index in [1.165, 1.54) is 25.3 Å². The van der Waals surface area contributed by atoms with E-state index in [0.29, 0.717) is 37.2 Å². The van der Waals surface area contributed by atoms with Crippen LogP contribution in [-0.2, 0) is 4.79 Å². The first-order valence-electron chi connectivity index (χ1n) is 7.96. The number of aliphatic hydroxyl groups is 1. The first-order chi connectivity index (χ1) is 11.0. The molecular formula is C17H26FNO4. The maximum Gasteiger partial charge on any atom is 0.325 e. The van der Waals surface area contributed by atoms with Crippen LogP contribution < -0.4 is 4.74 Å². The number of methoxy groups -OCH3 is 1. The molecule has 0 amide bonds. The third-order valence-electron chi connectivity index (χ3n) is 3.74. The number of carboxylic acid groups (broad SMARTS) is 1. The average molecular weight is 327 g/mol. The van der Waals surface area contributed by atoms with Crippen molar-refractivity contribution >= 4 is 5.97 Å². The standard InChI is InChI=1S/C17H26FNO4/c1-3-4-9-19(10-5-6-11-20)16(17(21)22)14-12-13(18)7-8-15(14)23-2/h7-8,12,16,20H,3-6,9-11H2,1-2H3,(H,21,22)/t16-/m0/s1. The van der Waals surface area contributed by atoms with E-state index in [0.717, 1.165) is 12.8 Å². The molecule has 2 N–H and O–H groups in total. The molecule has 6 heteroatoms. The molecule has 0 aliphatic heterocycles. The van der Waals surface area contributed by atoms with Crippen molar-refractivity contribution < 1.29 is 24.1 Å². The second kappa shape index (κ2) is 10.2. The van der Waals surface area contributed by atoms with E-state index >= 15 is 0 Å². The van der Waals surface area contributed by atoms with Gasteiger partial charge in [0, 0.05) is 12.2 Å². The summed E-state index contributed by atoms with van der Waals surface area (Å²) in [7, 11) is 1.44. The molecule has 0 fully saturated rings. The van der Waals surface area contributed by atoms with Crippen molar-refractivity contribution in [2.45, 2.75) is 38.6 Å². The summed E-state index contributed by atoms with van der Waals surface area (Å²) in [6.07, 6.45) is 3.07. The van der Waals surface area contributed by atoms with Crippen molar-refractivity contribution in [3.05, 3.63) is 29.6 Å². The maximum absolute atomic E-state index is 13.6. The number of hydrogen-bond acceptors (Lipinski definition) is 4. The molecule has 0 aliphatic rings. The minimum atomic E-state index is -1.03. The van der Waals surface area contributed by atoms with Crippen LogP contribution in [0, 0.1) is 5.82 Å². The van der Waals surface area contributed by atoms with E-state index in [-0.39, 0.29) is 6.61 Å². The summed E-state index contributed by atoms with van der Waals surface area (Å²) in [5.74, 6) is -1.16. The molecule has 0 radical (unpaired) electrons. The maximum atomic E-state index is 13.6. The summed E-state index contributed by atoms with van der Waals surface area (Å²) < 4.78 is 18.8. The van der Waals surface area contributed by atoms with Gasteiger partial charge in [0.05, 0.1) is 7.11 Å². The first kappa shape index (κ1) is 19.4. The Labute approximate surface area is 136 Å². The van der Waals surface area contributed by atoms with Gasteiger partial charge in [-0.05, 0) is 50.6 Å². The van der Waals surface area contributed by atoms with Crippen LogP contribution >= 0.6 is 0 Å². The van der Waals surface area contributed by atoms with Gasteiger partial charge < -0.3 is 14.9 Å². The van der Waals surface area contributed by atoms with Crippen molar-refractivity contribution in [2.75, 3.05) is 26.8 Å². The lowest BCUT2D eigenvalue weighted by Crippen LogP contribution is -2.36. The van der Waals surface area contributed by atoms with Gasteiger partial charge in [-0.25, -0.2) is 4.39 Å². The third kappa shape index (κ3) is 5.80. The lowest BCUT2D eigenvalue weighted by atomic mass is 10.0. The summed E-state index contributed by atoms with van der Waals surface area (Å²) in [5.41, 5.74) is 0.320. The summed E-state index contributed by atoms with van der Waals surface area (Å²) in [6, 6.07) is 2.96. The summed E-state index contributed by atoms with van der Waals surface area (Å²) in [6.45, 7) is 3.23. The third-order valence-corrected chi connectivity index (χ3v) is 3.74. The number of unbranched alkanes of at least 4 members (excludes halogenated alkanes) is 2. The molecule has 0 unspecified atom stereocenters. The smallest absolute Gasteiger partial charge is 0.325 e. The summed E-state index contributed by atoms with van der Waals surface area (Å²) >= 11 is 0. The number of halogens is 1. The van der Waals surface area contributed by atoms with Gasteiger partial charge >= 0.3 is 5.97 Å². The minimum absolute atomic E-state index is 0.0721. The number of ether oxygens (including phenoxy) is 1. The highest BCUT2D eigenvalue weighted by Crippen LogP contribution is 2.31. The van der Waals surface area contributed by atoms with Crippen LogP contribution in [0.2, 0.25) is 0 Å². The van der Waals surface area contributed by atoms with E-state index < -0.39 is 17.8 Å². The first-order valence-corrected chi connectivity index (χ1v) is 7.96. The number of carboxylic acids is 1. The van der Waals surface area contributed by atoms with Gasteiger partial charge in [-0.3, -0.25) is 9.69 Å². The van der Waals surface area contributed by atoms with E-state index in [9.17, 15) is 14.3 Å². The molecule has 1 aromatic carbocycles. The number of carbonyl (C=O) groups is 1. The van der Waals surface area contributed by atoms with Crippen LogP contribution in [0.25, 0.3) is 0 Å². The molecule has 0 aromatic heterocycles. The van der Waals surface area contributed by atoms with Crippen molar-refractivity contribution in [3.63, 3.8) is 0 Å². The zero-order valence-electron chi connectivity index (χ0n) is 13.8. The topological polar surface area (TPSA) is 70.0 Å². The van der Waals surface area contributed by atoms with Crippen molar-refractivity contribution in [1.82, 2.24) is 4.90 Å². The second-order valence-corrected chi connectivity index (χ2v) is 5.45. The van der Waals surface area contributed by atoms with E-state index in [1.54, 1.807) is 0 Å². The van der Waals surface area contributed by atoms with Crippen LogP contribution in [-0.4, -0.2) is 47.9 Å². The molecule has 1 atom stereocenters. The fourth-order valence-corrected chi connectivity index (χ4v) is 2.56. The fraction of sp³-hybridized carbons (Fsp3) is 0.588. The van der Waals surface area contributed by atoms with E-state index in [4.69, 9.17) is 9.84 Å². The quantitative estimate of drug-likeness (QED) is 0.612. The molecule has 130 valence electrons. The van der Waals surface area contributed by atoms with Crippen molar-refractivity contribution in [3.8, 4) is 5.75 Å². The van der Waals surface area contributed by atoms with Crippen LogP contribution in [0.1, 0.15) is 44.2 Å². The molecule has 0 heterocycles. The fourth-order valence-electron chi connectivity index (χ4n) is 2.56. The predicted molar refractivity (Wildman–Crippen MR) is 86.1 cm³/mol. The normalized spacial score (nSPS) is 12.4. The number of benzene rings is 1. The highest BCUT2D eigenvalue weighted by Gasteiger charge is 2.30. The SMILES string of the molecule is CCCCN(CCCCO)[C@H](C(=O)O)c1cc(F)ccc1OC. The van der Waals surface area contributed by atoms with Gasteiger partial charge in [0.1, 0.15) is 17.6 Å². The average Bonchev–Trinajstić information content (AvgIpc) is 2.52. The Morgan fingerprint density at radius 1 is 1.30 bits per heavy atom. The van der Waals surface area contributed by atoms with Crippen LogP contribution in [0.4, 0.5) is 4.39 Å². The molecule has 5 nitrogen and oxygen atoms in total. The Balaban J connectivity index is 3.12. The largest absolute Gasteiger partial charge is 0.496 e. The number of rotatable bonds is 11. The second-order valence-electron chi connectivity index (χ2n) is 5.45. The summed E-state index contributed by atoms with van der Waals surface area (Å²) in [5, 5.41) is 18.6. The Morgan fingerprint density at radius 2 is 2.00 bits per heavy atom. The van der Waals surface area contributed by atoms with E-state index in [2.05, 4.69) is 0 Å². The Kier molecular flexibility index (Phi) is 8.58. The van der Waals surface area contributed by atoms with Gasteiger partial charge in [0.25, 0.3) is 0 Å². The number of aliphatic hydroxyl groups excluding tert-OH is 1. The monoisotopic (exact) mass is 327 g/mol. The minimum Gasteiger partial charge on any atom is -0.496 e. The molecule has 0 saturated carbocycles. The Bertz CT molecular complexity index is 495. The highest BCUT2D eigenvalue weighted by atomic mass is 19.1. The Hall–Kier alpha value is -1.66. The number of aliphatic carboxylic acids is 1. The number of hydrogen-bond donors (Lipinski definition) is 2. The lowest BCUT2D eigenvalue weighted by Gasteiger charge is -2.30. The Morgan fingerprint density at radius 3 is 2.57 bits per heavy atom. The van der Waals surface area contributed by atoms with E-state index in [1.807, 2.05) is 11.8 Å². The molecule has 1 rings (SSSR count). The molecule has 0 spiro atoms. The van der Waals surface area contributed by atoms with Crippen molar-refractivity contribution in [2.24, 2.45) is 0 Å². The van der Waals surface area contributed by atoms with Gasteiger partial charge in [-0.2, -0.15) is 0 Å². The molecule has 0 saturated heterocycles.